The molecule has 0 aliphatic rings. The zero-order valence-electron chi connectivity index (χ0n) is 10.4. The van der Waals surface area contributed by atoms with Gasteiger partial charge in [-0.25, -0.2) is 15.8 Å². The summed E-state index contributed by atoms with van der Waals surface area (Å²) in [5.41, 5.74) is 2.54. The number of aromatic nitrogens is 2. The van der Waals surface area contributed by atoms with E-state index >= 15 is 0 Å². The van der Waals surface area contributed by atoms with Crippen molar-refractivity contribution >= 4 is 11.6 Å². The Labute approximate surface area is 96.8 Å². The van der Waals surface area contributed by atoms with Gasteiger partial charge in [-0.05, 0) is 19.3 Å². The Morgan fingerprint density at radius 1 is 1.31 bits per heavy atom. The van der Waals surface area contributed by atoms with Gasteiger partial charge in [-0.15, -0.1) is 0 Å². The van der Waals surface area contributed by atoms with Gasteiger partial charge in [0.05, 0.1) is 0 Å². The summed E-state index contributed by atoms with van der Waals surface area (Å²) in [6.45, 7) is 8.39. The van der Waals surface area contributed by atoms with Crippen LogP contribution in [0.3, 0.4) is 0 Å². The molecule has 0 amide bonds. The van der Waals surface area contributed by atoms with E-state index in [-0.39, 0.29) is 0 Å². The van der Waals surface area contributed by atoms with Gasteiger partial charge in [0.15, 0.2) is 0 Å². The lowest BCUT2D eigenvalue weighted by atomic mass is 10.0. The molecule has 0 aromatic carbocycles. The van der Waals surface area contributed by atoms with Gasteiger partial charge < -0.3 is 10.7 Å². The minimum atomic E-state index is 0.417. The van der Waals surface area contributed by atoms with Gasteiger partial charge in [0.25, 0.3) is 0 Å². The first-order chi connectivity index (χ1) is 7.56. The third kappa shape index (κ3) is 3.34. The highest BCUT2D eigenvalue weighted by Gasteiger charge is 2.11. The third-order valence-corrected chi connectivity index (χ3v) is 2.56. The van der Waals surface area contributed by atoms with Crippen LogP contribution in [0.1, 0.15) is 33.0 Å². The van der Waals surface area contributed by atoms with Crippen LogP contribution < -0.4 is 16.6 Å². The van der Waals surface area contributed by atoms with E-state index in [1.54, 1.807) is 0 Å². The first-order valence-electron chi connectivity index (χ1n) is 5.65. The van der Waals surface area contributed by atoms with Crippen molar-refractivity contribution in [3.63, 3.8) is 0 Å². The van der Waals surface area contributed by atoms with E-state index in [2.05, 4.69) is 41.5 Å². The molecule has 1 rings (SSSR count). The number of rotatable bonds is 5. The maximum atomic E-state index is 5.34. The second kappa shape index (κ2) is 5.65. The maximum absolute atomic E-state index is 5.34. The number of nitrogen functional groups attached to an aromatic ring is 1. The van der Waals surface area contributed by atoms with Gasteiger partial charge in [0.1, 0.15) is 17.5 Å². The Balaban J connectivity index is 2.83. The largest absolute Gasteiger partial charge is 0.367 e. The highest BCUT2D eigenvalue weighted by atomic mass is 15.3. The quantitative estimate of drug-likeness (QED) is 0.525. The summed E-state index contributed by atoms with van der Waals surface area (Å²) >= 11 is 0. The van der Waals surface area contributed by atoms with Crippen LogP contribution in [0.5, 0.6) is 0 Å². The molecule has 4 N–H and O–H groups in total. The summed E-state index contributed by atoms with van der Waals surface area (Å²) < 4.78 is 0. The molecule has 0 radical (unpaired) electrons. The fourth-order valence-electron chi connectivity index (χ4n) is 1.65. The van der Waals surface area contributed by atoms with Crippen LogP contribution in [0, 0.1) is 12.8 Å². The lowest BCUT2D eigenvalue weighted by Crippen LogP contribution is -2.25. The van der Waals surface area contributed by atoms with Crippen LogP contribution in [-0.2, 0) is 0 Å². The van der Waals surface area contributed by atoms with Crippen LogP contribution >= 0.6 is 0 Å². The lowest BCUT2D eigenvalue weighted by Gasteiger charge is -2.21. The normalized spacial score (nSPS) is 12.6. The molecule has 0 aliphatic carbocycles. The summed E-state index contributed by atoms with van der Waals surface area (Å²) in [7, 11) is 0. The topological polar surface area (TPSA) is 75.9 Å². The molecule has 0 saturated carbocycles. The van der Waals surface area contributed by atoms with Crippen LogP contribution in [0.2, 0.25) is 0 Å². The molecule has 5 nitrogen and oxygen atoms in total. The van der Waals surface area contributed by atoms with Crippen LogP contribution in [0.15, 0.2) is 6.07 Å². The van der Waals surface area contributed by atoms with E-state index in [0.29, 0.717) is 23.6 Å². The molecule has 1 aromatic rings. The summed E-state index contributed by atoms with van der Waals surface area (Å²) in [5, 5.41) is 3.40. The van der Waals surface area contributed by atoms with Crippen molar-refractivity contribution < 1.29 is 0 Å². The Morgan fingerprint density at radius 2 is 1.94 bits per heavy atom. The summed E-state index contributed by atoms with van der Waals surface area (Å²) in [4.78, 5) is 8.48. The number of aryl methyl sites for hydroxylation is 1. The highest BCUT2D eigenvalue weighted by molar-refractivity contribution is 5.47. The van der Waals surface area contributed by atoms with Crippen molar-refractivity contribution in [1.82, 2.24) is 9.97 Å². The standard InChI is InChI=1S/C11H21N5/c1-5-9(7(2)3)15-10-6-11(16-12)14-8(4)13-10/h6-7,9H,5,12H2,1-4H3,(H2,13,14,15,16). The van der Waals surface area contributed by atoms with Gasteiger partial charge in [-0.1, -0.05) is 20.8 Å². The number of nitrogens with one attached hydrogen (secondary N) is 2. The molecule has 0 aliphatic heterocycles. The van der Waals surface area contributed by atoms with Crippen LogP contribution in [-0.4, -0.2) is 16.0 Å². The zero-order valence-corrected chi connectivity index (χ0v) is 10.4. The molecule has 0 bridgehead atoms. The maximum Gasteiger partial charge on any atom is 0.145 e. The van der Waals surface area contributed by atoms with E-state index in [1.807, 2.05) is 13.0 Å². The first-order valence-corrected chi connectivity index (χ1v) is 5.65. The Kier molecular flexibility index (Phi) is 4.49. The number of hydrogen-bond acceptors (Lipinski definition) is 5. The van der Waals surface area contributed by atoms with Gasteiger partial charge in [-0.3, -0.25) is 0 Å². The summed E-state index contributed by atoms with van der Waals surface area (Å²) in [6, 6.07) is 2.23. The van der Waals surface area contributed by atoms with Crippen molar-refractivity contribution in [2.75, 3.05) is 10.7 Å². The van der Waals surface area contributed by atoms with Crippen molar-refractivity contribution in [3.8, 4) is 0 Å². The number of anilines is 2. The van der Waals surface area contributed by atoms with E-state index in [1.165, 1.54) is 0 Å². The van der Waals surface area contributed by atoms with Gasteiger partial charge in [0, 0.05) is 12.1 Å². The SMILES string of the molecule is CCC(Nc1cc(NN)nc(C)n1)C(C)C. The molecule has 0 fully saturated rings. The lowest BCUT2D eigenvalue weighted by molar-refractivity contribution is 0.509. The van der Waals surface area contributed by atoms with Crippen molar-refractivity contribution in [2.45, 2.75) is 40.2 Å². The Bertz CT molecular complexity index is 337. The minimum absolute atomic E-state index is 0.417. The second-order valence-electron chi connectivity index (χ2n) is 4.23. The van der Waals surface area contributed by atoms with Crippen LogP contribution in [0.25, 0.3) is 0 Å². The molecule has 0 saturated heterocycles. The van der Waals surface area contributed by atoms with E-state index in [9.17, 15) is 0 Å². The van der Waals surface area contributed by atoms with E-state index in [4.69, 9.17) is 5.84 Å². The second-order valence-corrected chi connectivity index (χ2v) is 4.23. The molecular formula is C11H21N5. The highest BCUT2D eigenvalue weighted by Crippen LogP contribution is 2.15. The molecular weight excluding hydrogens is 202 g/mol. The number of hydrazine groups is 1. The van der Waals surface area contributed by atoms with E-state index < -0.39 is 0 Å². The predicted molar refractivity (Wildman–Crippen MR) is 67.1 cm³/mol. The number of nitrogens with two attached hydrogens (primary N) is 1. The smallest absolute Gasteiger partial charge is 0.145 e. The average Bonchev–Trinajstić information content (AvgIpc) is 2.24. The van der Waals surface area contributed by atoms with Gasteiger partial charge >= 0.3 is 0 Å². The first kappa shape index (κ1) is 12.7. The fraction of sp³-hybridized carbons (Fsp3) is 0.636. The average molecular weight is 223 g/mol. The predicted octanol–water partition coefficient (Wildman–Crippen LogP) is 1.92. The summed E-state index contributed by atoms with van der Waals surface area (Å²) in [6.07, 6.45) is 1.06. The Morgan fingerprint density at radius 3 is 2.44 bits per heavy atom. The van der Waals surface area contributed by atoms with Gasteiger partial charge in [-0.2, -0.15) is 0 Å². The molecule has 0 spiro atoms. The minimum Gasteiger partial charge on any atom is -0.367 e. The molecule has 5 heteroatoms. The van der Waals surface area contributed by atoms with Crippen molar-refractivity contribution in [1.29, 1.82) is 0 Å². The molecule has 90 valence electrons. The molecule has 1 atom stereocenters. The zero-order chi connectivity index (χ0) is 12.1. The molecule has 1 aromatic heterocycles. The third-order valence-electron chi connectivity index (χ3n) is 2.56. The van der Waals surface area contributed by atoms with Crippen molar-refractivity contribution in [3.05, 3.63) is 11.9 Å². The van der Waals surface area contributed by atoms with E-state index in [0.717, 1.165) is 12.2 Å². The van der Waals surface area contributed by atoms with Crippen LogP contribution in [0.4, 0.5) is 11.6 Å². The van der Waals surface area contributed by atoms with Gasteiger partial charge in [0.2, 0.25) is 0 Å². The van der Waals surface area contributed by atoms with Crippen molar-refractivity contribution in [2.24, 2.45) is 11.8 Å². The number of hydrogen-bond donors (Lipinski definition) is 3. The molecule has 16 heavy (non-hydrogen) atoms. The fourth-order valence-corrected chi connectivity index (χ4v) is 1.65. The molecule has 1 unspecified atom stereocenters. The number of nitrogens with zero attached hydrogens (tertiary/aromatic N) is 2. The Hall–Kier alpha value is -1.36. The molecule has 1 heterocycles. The summed E-state index contributed by atoms with van der Waals surface area (Å²) in [5.74, 6) is 8.07. The monoisotopic (exact) mass is 223 g/mol.